The van der Waals surface area contributed by atoms with Crippen molar-refractivity contribution in [3.8, 4) is 0 Å². The number of hydrogen-bond acceptors (Lipinski definition) is 2. The van der Waals surface area contributed by atoms with Gasteiger partial charge in [-0.25, -0.2) is 0 Å². The smallest absolute Gasteiger partial charge is 0.246 e. The van der Waals surface area contributed by atoms with Crippen molar-refractivity contribution < 1.29 is 4.79 Å². The lowest BCUT2D eigenvalue weighted by molar-refractivity contribution is -0.129. The molecule has 0 aromatic carbocycles. The average molecular weight is 184 g/mol. The summed E-state index contributed by atoms with van der Waals surface area (Å²) in [5.74, 6) is -0.0283. The van der Waals surface area contributed by atoms with Gasteiger partial charge in [0.05, 0.1) is 6.17 Å². The molecule has 0 fully saturated rings. The first-order valence-electron chi connectivity index (χ1n) is 4.71. The summed E-state index contributed by atoms with van der Waals surface area (Å²) in [6.07, 6.45) is 1.49. The van der Waals surface area contributed by atoms with Gasteiger partial charge in [-0.05, 0) is 26.1 Å². The van der Waals surface area contributed by atoms with Crippen LogP contribution in [0.2, 0.25) is 0 Å². The first-order valence-corrected chi connectivity index (χ1v) is 4.71. The van der Waals surface area contributed by atoms with Crippen LogP contribution in [0.25, 0.3) is 0 Å². The van der Waals surface area contributed by atoms with E-state index in [2.05, 4.69) is 25.3 Å². The third kappa shape index (κ3) is 3.19. The fraction of sp³-hybridized carbons (Fsp3) is 0.700. The minimum absolute atomic E-state index is 0.0283. The van der Waals surface area contributed by atoms with Crippen LogP contribution in [-0.2, 0) is 4.79 Å². The molecule has 1 amide bonds. The van der Waals surface area contributed by atoms with Crippen molar-refractivity contribution in [2.75, 3.05) is 20.1 Å². The van der Waals surface area contributed by atoms with E-state index in [0.717, 1.165) is 13.1 Å². The van der Waals surface area contributed by atoms with E-state index in [9.17, 15) is 4.79 Å². The third-order valence-corrected chi connectivity index (χ3v) is 2.42. The summed E-state index contributed by atoms with van der Waals surface area (Å²) in [6.45, 7) is 11.6. The van der Waals surface area contributed by atoms with Gasteiger partial charge in [-0.15, -0.1) is 0 Å². The Kier molecular flexibility index (Phi) is 5.39. The van der Waals surface area contributed by atoms with E-state index in [1.165, 1.54) is 6.08 Å². The molecular weight excluding hydrogens is 164 g/mol. The van der Waals surface area contributed by atoms with E-state index < -0.39 is 0 Å². The normalized spacial score (nSPS) is 12.7. The van der Waals surface area contributed by atoms with Crippen molar-refractivity contribution in [1.82, 2.24) is 9.80 Å². The lowest BCUT2D eigenvalue weighted by atomic mass is 10.3. The zero-order chi connectivity index (χ0) is 10.4. The Labute approximate surface area is 81.0 Å². The summed E-state index contributed by atoms with van der Waals surface area (Å²) in [7, 11) is 1.80. The number of nitrogens with zero attached hydrogens (tertiary/aromatic N) is 2. The Morgan fingerprint density at radius 1 is 1.46 bits per heavy atom. The molecule has 0 bridgehead atoms. The van der Waals surface area contributed by atoms with Crippen LogP contribution in [0.15, 0.2) is 12.7 Å². The molecule has 3 nitrogen and oxygen atoms in total. The van der Waals surface area contributed by atoms with Crippen LogP contribution in [0.4, 0.5) is 0 Å². The van der Waals surface area contributed by atoms with E-state index >= 15 is 0 Å². The van der Waals surface area contributed by atoms with Crippen molar-refractivity contribution in [3.63, 3.8) is 0 Å². The van der Waals surface area contributed by atoms with Gasteiger partial charge in [-0.1, -0.05) is 20.4 Å². The van der Waals surface area contributed by atoms with Crippen LogP contribution in [0.5, 0.6) is 0 Å². The summed E-state index contributed by atoms with van der Waals surface area (Å²) < 4.78 is 0. The molecule has 0 aromatic rings. The highest BCUT2D eigenvalue weighted by atomic mass is 16.2. The van der Waals surface area contributed by atoms with Gasteiger partial charge in [0.15, 0.2) is 0 Å². The van der Waals surface area contributed by atoms with Crippen LogP contribution in [-0.4, -0.2) is 42.0 Å². The first-order chi connectivity index (χ1) is 6.08. The maximum absolute atomic E-state index is 11.3. The number of likely N-dealkylation sites (N-methyl/N-ethyl adjacent to an activating group) is 1. The molecule has 0 saturated carbocycles. The van der Waals surface area contributed by atoms with Gasteiger partial charge in [0, 0.05) is 7.05 Å². The molecule has 13 heavy (non-hydrogen) atoms. The number of amides is 1. The monoisotopic (exact) mass is 184 g/mol. The Morgan fingerprint density at radius 2 is 1.92 bits per heavy atom. The van der Waals surface area contributed by atoms with Crippen molar-refractivity contribution in [2.24, 2.45) is 0 Å². The molecule has 76 valence electrons. The topological polar surface area (TPSA) is 23.6 Å². The fourth-order valence-corrected chi connectivity index (χ4v) is 1.33. The van der Waals surface area contributed by atoms with Crippen LogP contribution >= 0.6 is 0 Å². The van der Waals surface area contributed by atoms with Crippen molar-refractivity contribution in [3.05, 3.63) is 12.7 Å². The number of carbonyl (C=O) groups excluding carboxylic acids is 1. The summed E-state index contributed by atoms with van der Waals surface area (Å²) >= 11 is 0. The van der Waals surface area contributed by atoms with Gasteiger partial charge in [0.2, 0.25) is 5.91 Å². The van der Waals surface area contributed by atoms with Gasteiger partial charge >= 0.3 is 0 Å². The predicted octanol–water partition coefficient (Wildman–Crippen LogP) is 1.32. The van der Waals surface area contributed by atoms with E-state index in [0.29, 0.717) is 0 Å². The largest absolute Gasteiger partial charge is 0.327 e. The molecule has 1 unspecified atom stereocenters. The fourth-order valence-electron chi connectivity index (χ4n) is 1.33. The van der Waals surface area contributed by atoms with E-state index in [-0.39, 0.29) is 12.1 Å². The van der Waals surface area contributed by atoms with Crippen LogP contribution in [0.3, 0.4) is 0 Å². The minimum atomic E-state index is -0.0283. The van der Waals surface area contributed by atoms with Crippen LogP contribution in [0, 0.1) is 0 Å². The second kappa shape index (κ2) is 5.75. The van der Waals surface area contributed by atoms with Crippen LogP contribution in [0.1, 0.15) is 20.8 Å². The first kappa shape index (κ1) is 12.2. The molecule has 0 aliphatic heterocycles. The SMILES string of the molecule is C=CC(=O)N(C)C(C)N(CC)CC. The van der Waals surface area contributed by atoms with Gasteiger partial charge in [-0.2, -0.15) is 0 Å². The van der Waals surface area contributed by atoms with Crippen LogP contribution < -0.4 is 0 Å². The second-order valence-corrected chi connectivity index (χ2v) is 3.01. The Bertz CT molecular complexity index is 176. The molecule has 0 spiro atoms. The van der Waals surface area contributed by atoms with Gasteiger partial charge < -0.3 is 4.90 Å². The third-order valence-electron chi connectivity index (χ3n) is 2.42. The van der Waals surface area contributed by atoms with E-state index in [1.807, 2.05) is 6.92 Å². The van der Waals surface area contributed by atoms with E-state index in [4.69, 9.17) is 0 Å². The Hall–Kier alpha value is -0.830. The maximum atomic E-state index is 11.3. The number of carbonyl (C=O) groups is 1. The van der Waals surface area contributed by atoms with E-state index in [1.54, 1.807) is 11.9 Å². The zero-order valence-corrected chi connectivity index (χ0v) is 9.08. The molecule has 0 aromatic heterocycles. The zero-order valence-electron chi connectivity index (χ0n) is 9.08. The maximum Gasteiger partial charge on any atom is 0.246 e. The molecular formula is C10H20N2O. The Morgan fingerprint density at radius 3 is 2.23 bits per heavy atom. The molecule has 0 rings (SSSR count). The summed E-state index contributed by atoms with van der Waals surface area (Å²) in [6, 6.07) is 0. The van der Waals surface area contributed by atoms with Gasteiger partial charge in [0.1, 0.15) is 0 Å². The van der Waals surface area contributed by atoms with Gasteiger partial charge in [-0.3, -0.25) is 9.69 Å². The summed E-state index contributed by atoms with van der Waals surface area (Å²) in [5.41, 5.74) is 0. The number of rotatable bonds is 5. The highest BCUT2D eigenvalue weighted by Crippen LogP contribution is 2.03. The highest BCUT2D eigenvalue weighted by molar-refractivity contribution is 5.86. The average Bonchev–Trinajstić information content (AvgIpc) is 2.17. The molecule has 0 heterocycles. The van der Waals surface area contributed by atoms with Crippen molar-refractivity contribution in [2.45, 2.75) is 26.9 Å². The predicted molar refractivity (Wildman–Crippen MR) is 55.4 cm³/mol. The van der Waals surface area contributed by atoms with Gasteiger partial charge in [0.25, 0.3) is 0 Å². The summed E-state index contributed by atoms with van der Waals surface area (Å²) in [5, 5.41) is 0. The molecule has 1 atom stereocenters. The second-order valence-electron chi connectivity index (χ2n) is 3.01. The standard InChI is InChI=1S/C10H20N2O/c1-6-10(13)11(5)9(4)12(7-2)8-3/h6,9H,1,7-8H2,2-5H3. The van der Waals surface area contributed by atoms with Crippen molar-refractivity contribution in [1.29, 1.82) is 0 Å². The quantitative estimate of drug-likeness (QED) is 0.475. The molecule has 3 heteroatoms. The highest BCUT2D eigenvalue weighted by Gasteiger charge is 2.17. The molecule has 0 saturated heterocycles. The summed E-state index contributed by atoms with van der Waals surface area (Å²) in [4.78, 5) is 15.2. The number of hydrogen-bond donors (Lipinski definition) is 0. The Balaban J connectivity index is 4.29. The van der Waals surface area contributed by atoms with Crippen molar-refractivity contribution >= 4 is 5.91 Å². The molecule has 0 radical (unpaired) electrons. The molecule has 0 aliphatic carbocycles. The molecule has 0 N–H and O–H groups in total. The lowest BCUT2D eigenvalue weighted by Gasteiger charge is -2.33. The lowest BCUT2D eigenvalue weighted by Crippen LogP contribution is -2.46. The molecule has 0 aliphatic rings. The minimum Gasteiger partial charge on any atom is -0.327 e.